The van der Waals surface area contributed by atoms with Crippen molar-refractivity contribution in [3.63, 3.8) is 0 Å². The number of ether oxygens (including phenoxy) is 1. The summed E-state index contributed by atoms with van der Waals surface area (Å²) in [4.78, 5) is 22.4. The van der Waals surface area contributed by atoms with Crippen LogP contribution in [0.4, 0.5) is 0 Å². The van der Waals surface area contributed by atoms with Crippen LogP contribution in [-0.4, -0.2) is 28.3 Å². The summed E-state index contributed by atoms with van der Waals surface area (Å²) >= 11 is 0. The minimum absolute atomic E-state index is 0.0268. The summed E-state index contributed by atoms with van der Waals surface area (Å²) in [5.41, 5.74) is 4.14. The molecule has 2 saturated carbocycles. The quantitative estimate of drug-likeness (QED) is 0.230. The van der Waals surface area contributed by atoms with Crippen molar-refractivity contribution < 1.29 is 24.5 Å². The molecule has 1 aromatic rings. The van der Waals surface area contributed by atoms with Crippen LogP contribution in [0.5, 0.6) is 5.75 Å². The lowest BCUT2D eigenvalue weighted by Gasteiger charge is -2.50. The van der Waals surface area contributed by atoms with Gasteiger partial charge in [-0.15, -0.1) is 0 Å². The SMILES string of the molecule is CC(=O)O[C@H]1CCC2C3C(CCCCCCCCCCC(=O)O)=Cc4cc(O)ccc4C3CC[C@@]21C. The third-order valence-corrected chi connectivity index (χ3v) is 9.34. The third-order valence-electron chi connectivity index (χ3n) is 9.34. The minimum Gasteiger partial charge on any atom is -0.508 e. The first-order valence-electron chi connectivity index (χ1n) is 14.2. The molecule has 3 aliphatic carbocycles. The molecule has 198 valence electrons. The summed E-state index contributed by atoms with van der Waals surface area (Å²) in [6.45, 7) is 3.89. The van der Waals surface area contributed by atoms with Crippen LogP contribution >= 0.6 is 0 Å². The van der Waals surface area contributed by atoms with Gasteiger partial charge in [-0.05, 0) is 86.0 Å². The van der Waals surface area contributed by atoms with Gasteiger partial charge in [-0.3, -0.25) is 9.59 Å². The van der Waals surface area contributed by atoms with Gasteiger partial charge < -0.3 is 14.9 Å². The molecular weight excluding hydrogens is 452 g/mol. The second-order valence-corrected chi connectivity index (χ2v) is 11.7. The van der Waals surface area contributed by atoms with Gasteiger partial charge >= 0.3 is 11.9 Å². The van der Waals surface area contributed by atoms with E-state index in [0.717, 1.165) is 51.4 Å². The molecule has 0 amide bonds. The number of carboxylic acids is 1. The molecule has 0 aliphatic heterocycles. The van der Waals surface area contributed by atoms with Crippen molar-refractivity contribution in [1.29, 1.82) is 0 Å². The lowest BCUT2D eigenvalue weighted by Crippen LogP contribution is -2.45. The normalized spacial score (nSPS) is 28.6. The predicted octanol–water partition coefficient (Wildman–Crippen LogP) is 7.62. The molecule has 4 rings (SSSR count). The van der Waals surface area contributed by atoms with Crippen molar-refractivity contribution in [2.75, 3.05) is 0 Å². The summed E-state index contributed by atoms with van der Waals surface area (Å²) in [5.74, 6) is 0.995. The Balaban J connectivity index is 1.38. The number of rotatable bonds is 12. The fourth-order valence-corrected chi connectivity index (χ4v) is 7.58. The Kier molecular flexibility index (Phi) is 8.79. The minimum atomic E-state index is -0.690. The van der Waals surface area contributed by atoms with Crippen molar-refractivity contribution in [2.24, 2.45) is 17.3 Å². The molecule has 5 atom stereocenters. The van der Waals surface area contributed by atoms with E-state index in [4.69, 9.17) is 9.84 Å². The average Bonchev–Trinajstić information content (AvgIpc) is 3.15. The number of aliphatic carboxylic acids is 1. The number of benzene rings is 1. The summed E-state index contributed by atoms with van der Waals surface area (Å²) in [6.07, 6.45) is 17.0. The van der Waals surface area contributed by atoms with Crippen LogP contribution in [0.15, 0.2) is 23.8 Å². The van der Waals surface area contributed by atoms with Crippen LogP contribution in [-0.2, 0) is 14.3 Å². The van der Waals surface area contributed by atoms with Gasteiger partial charge in [0.05, 0.1) is 0 Å². The summed E-state index contributed by atoms with van der Waals surface area (Å²) < 4.78 is 5.84. The van der Waals surface area contributed by atoms with Gasteiger partial charge in [0, 0.05) is 18.8 Å². The maximum Gasteiger partial charge on any atom is 0.303 e. The van der Waals surface area contributed by atoms with Gasteiger partial charge in [0.2, 0.25) is 0 Å². The molecule has 5 nitrogen and oxygen atoms in total. The Bertz CT molecular complexity index is 966. The largest absolute Gasteiger partial charge is 0.508 e. The Labute approximate surface area is 216 Å². The van der Waals surface area contributed by atoms with E-state index in [1.807, 2.05) is 12.1 Å². The Morgan fingerprint density at radius 2 is 1.69 bits per heavy atom. The summed E-state index contributed by atoms with van der Waals surface area (Å²) in [5, 5.41) is 18.9. The maximum atomic E-state index is 11.8. The first-order chi connectivity index (χ1) is 17.3. The van der Waals surface area contributed by atoms with Crippen molar-refractivity contribution in [3.8, 4) is 5.75 Å². The first kappa shape index (κ1) is 26.8. The van der Waals surface area contributed by atoms with Crippen LogP contribution in [0, 0.1) is 17.3 Å². The van der Waals surface area contributed by atoms with E-state index in [1.54, 1.807) is 0 Å². The van der Waals surface area contributed by atoms with Gasteiger partial charge in [0.15, 0.2) is 0 Å². The van der Waals surface area contributed by atoms with Gasteiger partial charge in [-0.2, -0.15) is 0 Å². The number of carboxylic acid groups (broad SMARTS) is 1. The molecule has 3 aliphatic rings. The molecule has 5 heteroatoms. The highest BCUT2D eigenvalue weighted by Crippen LogP contribution is 2.63. The number of carbonyl (C=O) groups excluding carboxylic acids is 1. The van der Waals surface area contributed by atoms with E-state index in [9.17, 15) is 14.7 Å². The molecule has 0 spiro atoms. The van der Waals surface area contributed by atoms with E-state index in [-0.39, 0.29) is 17.5 Å². The number of aromatic hydroxyl groups is 1. The monoisotopic (exact) mass is 496 g/mol. The van der Waals surface area contributed by atoms with Crippen molar-refractivity contribution in [1.82, 2.24) is 0 Å². The maximum absolute atomic E-state index is 11.8. The number of carbonyl (C=O) groups is 2. The average molecular weight is 497 g/mol. The Morgan fingerprint density at radius 3 is 2.39 bits per heavy atom. The summed E-state index contributed by atoms with van der Waals surface area (Å²) in [6, 6.07) is 5.90. The van der Waals surface area contributed by atoms with E-state index in [1.165, 1.54) is 55.7 Å². The van der Waals surface area contributed by atoms with Crippen LogP contribution in [0.2, 0.25) is 0 Å². The smallest absolute Gasteiger partial charge is 0.303 e. The standard InChI is InChI=1S/C31H44O5/c1-21(32)36-28-16-15-27-30-22(11-9-7-5-3-4-6-8-10-12-29(34)35)19-23-20-24(33)13-14-25(23)26(30)17-18-31(27,28)2/h13-14,19-20,26-28,30,33H,3-12,15-18H2,1-2H3,(H,34,35)/t26?,27?,28-,30?,31-/m0/s1. The number of hydrogen-bond acceptors (Lipinski definition) is 4. The van der Waals surface area contributed by atoms with E-state index in [2.05, 4.69) is 19.1 Å². The number of esters is 1. The highest BCUT2D eigenvalue weighted by Gasteiger charge is 2.56. The van der Waals surface area contributed by atoms with Crippen molar-refractivity contribution in [3.05, 3.63) is 34.9 Å². The predicted molar refractivity (Wildman–Crippen MR) is 142 cm³/mol. The lowest BCUT2D eigenvalue weighted by molar-refractivity contribution is -0.154. The molecule has 0 radical (unpaired) electrons. The number of phenolic OH excluding ortho intramolecular Hbond substituents is 1. The molecular formula is C31H44O5. The van der Waals surface area contributed by atoms with Gasteiger partial charge in [-0.1, -0.05) is 63.2 Å². The number of phenols is 1. The van der Waals surface area contributed by atoms with Crippen LogP contribution < -0.4 is 0 Å². The zero-order valence-electron chi connectivity index (χ0n) is 22.1. The molecule has 36 heavy (non-hydrogen) atoms. The fraction of sp³-hybridized carbons (Fsp3) is 0.677. The van der Waals surface area contributed by atoms with E-state index >= 15 is 0 Å². The lowest BCUT2D eigenvalue weighted by atomic mass is 9.54. The van der Waals surface area contributed by atoms with E-state index in [0.29, 0.717) is 29.9 Å². The fourth-order valence-electron chi connectivity index (χ4n) is 7.58. The van der Waals surface area contributed by atoms with Crippen molar-refractivity contribution in [2.45, 2.75) is 116 Å². The van der Waals surface area contributed by atoms with Gasteiger partial charge in [0.1, 0.15) is 11.9 Å². The summed E-state index contributed by atoms with van der Waals surface area (Å²) in [7, 11) is 0. The molecule has 0 aromatic heterocycles. The molecule has 0 saturated heterocycles. The topological polar surface area (TPSA) is 83.8 Å². The Hall–Kier alpha value is -2.30. The molecule has 3 unspecified atom stereocenters. The van der Waals surface area contributed by atoms with Crippen LogP contribution in [0.3, 0.4) is 0 Å². The number of allylic oxidation sites excluding steroid dienone is 1. The molecule has 0 heterocycles. The number of unbranched alkanes of at least 4 members (excludes halogenated alkanes) is 7. The Morgan fingerprint density at radius 1 is 1.00 bits per heavy atom. The van der Waals surface area contributed by atoms with Gasteiger partial charge in [-0.25, -0.2) is 0 Å². The second kappa shape index (κ2) is 11.8. The number of fused-ring (bicyclic) bond motifs is 5. The highest BCUT2D eigenvalue weighted by atomic mass is 16.5. The van der Waals surface area contributed by atoms with Gasteiger partial charge in [0.25, 0.3) is 0 Å². The third kappa shape index (κ3) is 5.98. The second-order valence-electron chi connectivity index (χ2n) is 11.7. The van der Waals surface area contributed by atoms with Crippen molar-refractivity contribution >= 4 is 18.0 Å². The first-order valence-corrected chi connectivity index (χ1v) is 14.2. The van der Waals surface area contributed by atoms with Crippen LogP contribution in [0.25, 0.3) is 6.08 Å². The zero-order chi connectivity index (χ0) is 25.7. The number of hydrogen-bond donors (Lipinski definition) is 2. The molecule has 2 fully saturated rings. The molecule has 1 aromatic carbocycles. The molecule has 0 bridgehead atoms. The van der Waals surface area contributed by atoms with E-state index < -0.39 is 5.97 Å². The zero-order valence-corrected chi connectivity index (χ0v) is 22.1. The highest BCUT2D eigenvalue weighted by molar-refractivity contribution is 5.67. The molecule has 2 N–H and O–H groups in total. The van der Waals surface area contributed by atoms with Crippen LogP contribution in [0.1, 0.15) is 121 Å².